The monoisotopic (exact) mass is 393 g/mol. The molecule has 4 rings (SSSR count). The lowest BCUT2D eigenvalue weighted by Gasteiger charge is -2.22. The van der Waals surface area contributed by atoms with Crippen LogP contribution >= 0.6 is 0 Å². The second kappa shape index (κ2) is 7.48. The molecule has 152 valence electrons. The number of hydrogen-bond acceptors (Lipinski definition) is 5. The van der Waals surface area contributed by atoms with Crippen molar-refractivity contribution in [3.05, 3.63) is 53.2 Å². The number of nitrogens with zero attached hydrogens (tertiary/aromatic N) is 4. The van der Waals surface area contributed by atoms with Crippen molar-refractivity contribution in [2.75, 3.05) is 29.9 Å². The van der Waals surface area contributed by atoms with Crippen molar-refractivity contribution in [1.82, 2.24) is 14.6 Å². The van der Waals surface area contributed by atoms with Gasteiger partial charge in [-0.15, -0.1) is 0 Å². The van der Waals surface area contributed by atoms with E-state index in [2.05, 4.69) is 20.3 Å². The second-order valence-corrected chi connectivity index (χ2v) is 8.32. The van der Waals surface area contributed by atoms with E-state index in [1.807, 2.05) is 49.6 Å². The Morgan fingerprint density at radius 3 is 2.52 bits per heavy atom. The van der Waals surface area contributed by atoms with Gasteiger partial charge in [0.15, 0.2) is 5.65 Å². The van der Waals surface area contributed by atoms with Gasteiger partial charge in [-0.25, -0.2) is 4.98 Å². The third-order valence-electron chi connectivity index (χ3n) is 5.53. The number of carbonyl (C=O) groups is 1. The number of benzene rings is 1. The third-order valence-corrected chi connectivity index (χ3v) is 5.53. The summed E-state index contributed by atoms with van der Waals surface area (Å²) in [5.41, 5.74) is 2.82. The van der Waals surface area contributed by atoms with Gasteiger partial charge in [0.2, 0.25) is 0 Å². The predicted octanol–water partition coefficient (Wildman–Crippen LogP) is 3.16. The van der Waals surface area contributed by atoms with E-state index < -0.39 is 0 Å². The summed E-state index contributed by atoms with van der Waals surface area (Å²) < 4.78 is 1.85. The fourth-order valence-corrected chi connectivity index (χ4v) is 3.66. The number of aromatic nitrogens is 3. The molecule has 0 saturated carbocycles. The number of aliphatic hydroxyl groups excluding tert-OH is 1. The number of nitrogens with one attached hydrogen (secondary N) is 1. The fraction of sp³-hybridized carbons (Fsp3) is 0.409. The number of aliphatic hydroxyl groups is 1. The van der Waals surface area contributed by atoms with Crippen molar-refractivity contribution >= 4 is 23.2 Å². The van der Waals surface area contributed by atoms with Crippen molar-refractivity contribution in [2.45, 2.75) is 39.0 Å². The van der Waals surface area contributed by atoms with E-state index in [1.54, 1.807) is 12.1 Å². The molecule has 1 aliphatic heterocycles. The number of aryl methyl sites for hydroxylation is 1. The Kier molecular flexibility index (Phi) is 5.00. The fourth-order valence-electron chi connectivity index (χ4n) is 3.66. The quantitative estimate of drug-likeness (QED) is 0.696. The van der Waals surface area contributed by atoms with Crippen LogP contribution in [0.5, 0.6) is 0 Å². The van der Waals surface area contributed by atoms with Gasteiger partial charge in [0, 0.05) is 36.2 Å². The molecule has 0 unspecified atom stereocenters. The van der Waals surface area contributed by atoms with Crippen molar-refractivity contribution < 1.29 is 9.90 Å². The number of amides is 1. The molecule has 2 N–H and O–H groups in total. The topological polar surface area (TPSA) is 82.8 Å². The molecule has 7 heteroatoms. The molecule has 0 radical (unpaired) electrons. The van der Waals surface area contributed by atoms with E-state index in [0.717, 1.165) is 48.7 Å². The van der Waals surface area contributed by atoms with Crippen LogP contribution in [0.3, 0.4) is 0 Å². The molecule has 0 aliphatic carbocycles. The van der Waals surface area contributed by atoms with Crippen LogP contribution < -0.4 is 10.2 Å². The summed E-state index contributed by atoms with van der Waals surface area (Å²) in [6.07, 6.45) is 2.31. The molecule has 1 aromatic carbocycles. The van der Waals surface area contributed by atoms with Crippen molar-refractivity contribution in [1.29, 1.82) is 0 Å². The van der Waals surface area contributed by atoms with Crippen LogP contribution in [-0.4, -0.2) is 45.3 Å². The average Bonchev–Trinajstić information content (AvgIpc) is 3.36. The summed E-state index contributed by atoms with van der Waals surface area (Å²) in [7, 11) is 0. The summed E-state index contributed by atoms with van der Waals surface area (Å²) in [4.78, 5) is 19.6. The minimum Gasteiger partial charge on any atom is -0.395 e. The highest BCUT2D eigenvalue weighted by molar-refractivity contribution is 6.04. The van der Waals surface area contributed by atoms with Gasteiger partial charge < -0.3 is 15.3 Å². The molecular formula is C22H27N5O2. The Balaban J connectivity index is 1.61. The molecule has 3 aromatic rings. The van der Waals surface area contributed by atoms with Crippen molar-refractivity contribution in [3.63, 3.8) is 0 Å². The first-order valence-corrected chi connectivity index (χ1v) is 10.0. The zero-order valence-corrected chi connectivity index (χ0v) is 17.1. The maximum Gasteiger partial charge on any atom is 0.256 e. The summed E-state index contributed by atoms with van der Waals surface area (Å²) >= 11 is 0. The lowest BCUT2D eigenvalue weighted by Crippen LogP contribution is -2.23. The van der Waals surface area contributed by atoms with Crippen LogP contribution in [0.2, 0.25) is 0 Å². The van der Waals surface area contributed by atoms with E-state index >= 15 is 0 Å². The molecular weight excluding hydrogens is 366 g/mol. The van der Waals surface area contributed by atoms with Crippen LogP contribution in [0.4, 0.5) is 11.6 Å². The lowest BCUT2D eigenvalue weighted by molar-refractivity contribution is 0.102. The average molecular weight is 393 g/mol. The summed E-state index contributed by atoms with van der Waals surface area (Å²) in [6, 6.07) is 11.2. The van der Waals surface area contributed by atoms with Crippen LogP contribution in [0, 0.1) is 6.92 Å². The number of hydrogen-bond donors (Lipinski definition) is 2. The van der Waals surface area contributed by atoms with E-state index in [0.29, 0.717) is 11.4 Å². The van der Waals surface area contributed by atoms with Gasteiger partial charge in [-0.2, -0.15) is 9.61 Å². The molecule has 2 aromatic heterocycles. The highest BCUT2D eigenvalue weighted by Gasteiger charge is 2.21. The summed E-state index contributed by atoms with van der Waals surface area (Å²) in [5.74, 6) is 1.26. The molecule has 3 heterocycles. The van der Waals surface area contributed by atoms with E-state index in [4.69, 9.17) is 0 Å². The normalized spacial score (nSPS) is 14.6. The zero-order valence-electron chi connectivity index (χ0n) is 17.1. The van der Waals surface area contributed by atoms with Gasteiger partial charge in [0.1, 0.15) is 11.6 Å². The Bertz CT molecular complexity index is 1030. The Hall–Kier alpha value is -2.93. The summed E-state index contributed by atoms with van der Waals surface area (Å²) in [6.45, 7) is 7.88. The SMILES string of the molecule is Cc1cc2nc(NC(=O)c3ccc(C(C)(C)CO)cc3)cc(N3CCCC3)n2n1. The smallest absolute Gasteiger partial charge is 0.256 e. The van der Waals surface area contributed by atoms with Crippen LogP contribution in [0.15, 0.2) is 36.4 Å². The molecule has 0 bridgehead atoms. The van der Waals surface area contributed by atoms with Gasteiger partial charge in [-0.3, -0.25) is 4.79 Å². The van der Waals surface area contributed by atoms with E-state index in [1.165, 1.54) is 0 Å². The van der Waals surface area contributed by atoms with E-state index in [-0.39, 0.29) is 17.9 Å². The standard InChI is InChI=1S/C22H27N5O2/c1-15-12-19-23-18(13-20(27(19)25-15)26-10-4-5-11-26)24-21(29)16-6-8-17(9-7-16)22(2,3)14-28/h6-9,12-13,28H,4-5,10-11,14H2,1-3H3,(H,23,24,29). The van der Waals surface area contributed by atoms with Gasteiger partial charge in [-0.05, 0) is 37.5 Å². The minimum atomic E-state index is -0.341. The number of rotatable bonds is 5. The van der Waals surface area contributed by atoms with Crippen LogP contribution in [0.1, 0.15) is 48.3 Å². The molecule has 0 spiro atoms. The van der Waals surface area contributed by atoms with Crippen LogP contribution in [-0.2, 0) is 5.41 Å². The molecule has 1 fully saturated rings. The Morgan fingerprint density at radius 2 is 1.86 bits per heavy atom. The zero-order chi connectivity index (χ0) is 20.6. The minimum absolute atomic E-state index is 0.0481. The maximum atomic E-state index is 12.8. The Labute approximate surface area is 170 Å². The first kappa shape index (κ1) is 19.4. The lowest BCUT2D eigenvalue weighted by atomic mass is 9.85. The molecule has 1 aliphatic rings. The second-order valence-electron chi connectivity index (χ2n) is 8.32. The molecule has 1 saturated heterocycles. The largest absolute Gasteiger partial charge is 0.395 e. The van der Waals surface area contributed by atoms with Gasteiger partial charge in [-0.1, -0.05) is 26.0 Å². The maximum absolute atomic E-state index is 12.8. The highest BCUT2D eigenvalue weighted by atomic mass is 16.3. The third kappa shape index (κ3) is 3.82. The number of fused-ring (bicyclic) bond motifs is 1. The van der Waals surface area contributed by atoms with Gasteiger partial charge in [0.25, 0.3) is 5.91 Å². The van der Waals surface area contributed by atoms with E-state index in [9.17, 15) is 9.90 Å². The predicted molar refractivity (Wildman–Crippen MR) is 114 cm³/mol. The molecule has 7 nitrogen and oxygen atoms in total. The molecule has 29 heavy (non-hydrogen) atoms. The molecule has 1 amide bonds. The first-order chi connectivity index (χ1) is 13.9. The number of anilines is 2. The van der Waals surface area contributed by atoms with Gasteiger partial charge >= 0.3 is 0 Å². The highest BCUT2D eigenvalue weighted by Crippen LogP contribution is 2.25. The van der Waals surface area contributed by atoms with Crippen molar-refractivity contribution in [2.24, 2.45) is 0 Å². The number of carbonyl (C=O) groups excluding carboxylic acids is 1. The van der Waals surface area contributed by atoms with Crippen molar-refractivity contribution in [3.8, 4) is 0 Å². The van der Waals surface area contributed by atoms with Crippen LogP contribution in [0.25, 0.3) is 5.65 Å². The molecule has 0 atom stereocenters. The Morgan fingerprint density at radius 1 is 1.17 bits per heavy atom. The first-order valence-electron chi connectivity index (χ1n) is 10.0. The van der Waals surface area contributed by atoms with Gasteiger partial charge in [0.05, 0.1) is 12.3 Å². The summed E-state index contributed by atoms with van der Waals surface area (Å²) in [5, 5.41) is 17.0.